The molecule has 88 valence electrons. The van der Waals surface area contributed by atoms with Gasteiger partial charge in [0.2, 0.25) is 0 Å². The van der Waals surface area contributed by atoms with E-state index in [1.807, 2.05) is 31.2 Å². The number of carbonyl (C=O) groups is 1. The van der Waals surface area contributed by atoms with Gasteiger partial charge in [0.1, 0.15) is 5.69 Å². The summed E-state index contributed by atoms with van der Waals surface area (Å²) in [5.74, 6) is -0.913. The third-order valence-corrected chi connectivity index (χ3v) is 3.12. The van der Waals surface area contributed by atoms with Crippen LogP contribution in [0.4, 0.5) is 0 Å². The van der Waals surface area contributed by atoms with E-state index in [4.69, 9.17) is 5.11 Å². The van der Waals surface area contributed by atoms with Gasteiger partial charge < -0.3 is 9.67 Å². The van der Waals surface area contributed by atoms with Crippen LogP contribution < -0.4 is 0 Å². The first-order chi connectivity index (χ1) is 8.08. The van der Waals surface area contributed by atoms with Crippen molar-refractivity contribution >= 4 is 21.9 Å². The number of carboxylic acids is 1. The molecule has 2 rings (SSSR count). The van der Waals surface area contributed by atoms with Gasteiger partial charge in [-0.3, -0.25) is 0 Å². The van der Waals surface area contributed by atoms with Gasteiger partial charge in [-0.05, 0) is 40.0 Å². The maximum Gasteiger partial charge on any atom is 0.352 e. The van der Waals surface area contributed by atoms with Crippen molar-refractivity contribution in [3.05, 3.63) is 57.8 Å². The Morgan fingerprint density at radius 3 is 2.76 bits per heavy atom. The van der Waals surface area contributed by atoms with Crippen LogP contribution in [0.2, 0.25) is 0 Å². The Balaban J connectivity index is 2.36. The molecule has 0 radical (unpaired) electrons. The van der Waals surface area contributed by atoms with Gasteiger partial charge in [-0.2, -0.15) is 0 Å². The Bertz CT molecular complexity index is 560. The number of carboxylic acid groups (broad SMARTS) is 1. The molecule has 0 bridgehead atoms. The van der Waals surface area contributed by atoms with Crippen LogP contribution in [0.5, 0.6) is 0 Å². The predicted molar refractivity (Wildman–Crippen MR) is 69.4 cm³/mol. The second-order valence-electron chi connectivity index (χ2n) is 3.90. The van der Waals surface area contributed by atoms with Crippen LogP contribution in [-0.4, -0.2) is 15.6 Å². The summed E-state index contributed by atoms with van der Waals surface area (Å²) in [4.78, 5) is 11.1. The quantitative estimate of drug-likeness (QED) is 0.943. The third kappa shape index (κ3) is 2.58. The Labute approximate surface area is 108 Å². The lowest BCUT2D eigenvalue weighted by Crippen LogP contribution is -2.09. The highest BCUT2D eigenvalue weighted by atomic mass is 79.9. The molecule has 1 aromatic carbocycles. The fourth-order valence-electron chi connectivity index (χ4n) is 1.76. The molecule has 17 heavy (non-hydrogen) atoms. The summed E-state index contributed by atoms with van der Waals surface area (Å²) in [6, 6.07) is 9.58. The van der Waals surface area contributed by atoms with Crippen LogP contribution in [0.3, 0.4) is 0 Å². The van der Waals surface area contributed by atoms with Crippen molar-refractivity contribution in [3.8, 4) is 0 Å². The number of rotatable bonds is 3. The zero-order valence-electron chi connectivity index (χ0n) is 9.35. The fourth-order valence-corrected chi connectivity index (χ4v) is 2.22. The minimum atomic E-state index is -0.913. The van der Waals surface area contributed by atoms with Crippen LogP contribution >= 0.6 is 15.9 Å². The molecule has 1 N–H and O–H groups in total. The Morgan fingerprint density at radius 1 is 1.41 bits per heavy atom. The maximum absolute atomic E-state index is 11.1. The summed E-state index contributed by atoms with van der Waals surface area (Å²) in [6.45, 7) is 2.59. The molecule has 0 saturated carbocycles. The molecular formula is C13H12BrNO2. The van der Waals surface area contributed by atoms with Crippen LogP contribution in [0, 0.1) is 6.92 Å². The second kappa shape index (κ2) is 4.75. The molecule has 0 aliphatic heterocycles. The molecule has 0 aliphatic carbocycles. The second-order valence-corrected chi connectivity index (χ2v) is 4.82. The van der Waals surface area contributed by atoms with Crippen molar-refractivity contribution in [2.45, 2.75) is 13.5 Å². The molecule has 1 heterocycles. The van der Waals surface area contributed by atoms with E-state index in [9.17, 15) is 4.79 Å². The molecule has 0 amide bonds. The monoisotopic (exact) mass is 293 g/mol. The SMILES string of the molecule is Cc1ccccc1Cn1cc(Br)cc1C(=O)O. The van der Waals surface area contributed by atoms with Crippen molar-refractivity contribution in [2.75, 3.05) is 0 Å². The van der Waals surface area contributed by atoms with E-state index in [-0.39, 0.29) is 0 Å². The molecule has 4 heteroatoms. The van der Waals surface area contributed by atoms with Crippen LogP contribution in [0.1, 0.15) is 21.6 Å². The number of hydrogen-bond donors (Lipinski definition) is 1. The number of halogens is 1. The fraction of sp³-hybridized carbons (Fsp3) is 0.154. The number of nitrogens with zero attached hydrogens (tertiary/aromatic N) is 1. The van der Waals surface area contributed by atoms with E-state index in [1.165, 1.54) is 0 Å². The first kappa shape index (κ1) is 11.9. The number of hydrogen-bond acceptors (Lipinski definition) is 1. The zero-order valence-corrected chi connectivity index (χ0v) is 10.9. The largest absolute Gasteiger partial charge is 0.477 e. The van der Waals surface area contributed by atoms with E-state index in [2.05, 4.69) is 15.9 Å². The number of aromatic nitrogens is 1. The van der Waals surface area contributed by atoms with Gasteiger partial charge in [0.15, 0.2) is 0 Å². The van der Waals surface area contributed by atoms with Gasteiger partial charge in [-0.15, -0.1) is 0 Å². The molecule has 1 aromatic heterocycles. The molecule has 0 spiro atoms. The van der Waals surface area contributed by atoms with Crippen LogP contribution in [-0.2, 0) is 6.54 Å². The van der Waals surface area contributed by atoms with Gasteiger partial charge in [0.05, 0.1) is 0 Å². The van der Waals surface area contributed by atoms with E-state index in [0.29, 0.717) is 12.2 Å². The first-order valence-electron chi connectivity index (χ1n) is 5.21. The standard InChI is InChI=1S/C13H12BrNO2/c1-9-4-2-3-5-10(9)7-15-8-11(14)6-12(15)13(16)17/h2-6,8H,7H2,1H3,(H,16,17). The molecule has 0 atom stereocenters. The molecule has 0 unspecified atom stereocenters. The van der Waals surface area contributed by atoms with Crippen molar-refractivity contribution in [3.63, 3.8) is 0 Å². The normalized spacial score (nSPS) is 10.5. The average Bonchev–Trinajstić information content (AvgIpc) is 2.63. The lowest BCUT2D eigenvalue weighted by atomic mass is 10.1. The highest BCUT2D eigenvalue weighted by molar-refractivity contribution is 9.10. The summed E-state index contributed by atoms with van der Waals surface area (Å²) in [6.07, 6.45) is 1.79. The Kier molecular flexibility index (Phi) is 3.33. The molecule has 2 aromatic rings. The summed E-state index contributed by atoms with van der Waals surface area (Å²) in [5.41, 5.74) is 2.58. The number of benzene rings is 1. The highest BCUT2D eigenvalue weighted by Gasteiger charge is 2.12. The van der Waals surface area contributed by atoms with Crippen molar-refractivity contribution < 1.29 is 9.90 Å². The van der Waals surface area contributed by atoms with Crippen molar-refractivity contribution in [1.29, 1.82) is 0 Å². The minimum Gasteiger partial charge on any atom is -0.477 e. The Hall–Kier alpha value is -1.55. The van der Waals surface area contributed by atoms with E-state index in [1.54, 1.807) is 16.8 Å². The molecule has 3 nitrogen and oxygen atoms in total. The Morgan fingerprint density at radius 2 is 2.12 bits per heavy atom. The molecule has 0 aliphatic rings. The third-order valence-electron chi connectivity index (χ3n) is 2.68. The molecular weight excluding hydrogens is 282 g/mol. The summed E-state index contributed by atoms with van der Waals surface area (Å²) in [7, 11) is 0. The maximum atomic E-state index is 11.1. The molecule has 0 fully saturated rings. The van der Waals surface area contributed by atoms with E-state index >= 15 is 0 Å². The van der Waals surface area contributed by atoms with Crippen LogP contribution in [0.25, 0.3) is 0 Å². The minimum absolute atomic E-state index is 0.292. The first-order valence-corrected chi connectivity index (χ1v) is 6.00. The lowest BCUT2D eigenvalue weighted by molar-refractivity contribution is 0.0685. The summed E-state index contributed by atoms with van der Waals surface area (Å²) < 4.78 is 2.51. The number of aryl methyl sites for hydroxylation is 1. The van der Waals surface area contributed by atoms with Crippen molar-refractivity contribution in [2.24, 2.45) is 0 Å². The van der Waals surface area contributed by atoms with E-state index < -0.39 is 5.97 Å². The van der Waals surface area contributed by atoms with Gasteiger partial charge in [0, 0.05) is 17.2 Å². The van der Waals surface area contributed by atoms with Gasteiger partial charge >= 0.3 is 5.97 Å². The topological polar surface area (TPSA) is 42.2 Å². The predicted octanol–water partition coefficient (Wildman–Crippen LogP) is 3.31. The molecule has 0 saturated heterocycles. The van der Waals surface area contributed by atoms with Gasteiger partial charge in [-0.25, -0.2) is 4.79 Å². The average molecular weight is 294 g/mol. The number of aromatic carboxylic acids is 1. The van der Waals surface area contributed by atoms with Gasteiger partial charge in [0.25, 0.3) is 0 Å². The van der Waals surface area contributed by atoms with Gasteiger partial charge in [-0.1, -0.05) is 24.3 Å². The van der Waals surface area contributed by atoms with E-state index in [0.717, 1.165) is 15.6 Å². The van der Waals surface area contributed by atoms with Crippen molar-refractivity contribution in [1.82, 2.24) is 4.57 Å². The highest BCUT2D eigenvalue weighted by Crippen LogP contribution is 2.18. The van der Waals surface area contributed by atoms with Crippen LogP contribution in [0.15, 0.2) is 41.0 Å². The zero-order chi connectivity index (χ0) is 12.4. The smallest absolute Gasteiger partial charge is 0.352 e. The lowest BCUT2D eigenvalue weighted by Gasteiger charge is -2.08. The summed E-state index contributed by atoms with van der Waals surface area (Å²) >= 11 is 3.30. The summed E-state index contributed by atoms with van der Waals surface area (Å²) in [5, 5.41) is 9.08.